The van der Waals surface area contributed by atoms with Crippen molar-refractivity contribution in [2.24, 2.45) is 0 Å². The maximum absolute atomic E-state index is 5.26. The molecule has 1 aromatic carbocycles. The summed E-state index contributed by atoms with van der Waals surface area (Å²) in [6, 6.07) is 7.03. The second-order valence-electron chi connectivity index (χ2n) is 7.18. The first-order chi connectivity index (χ1) is 9.37. The van der Waals surface area contributed by atoms with Gasteiger partial charge >= 0.3 is 0 Å². The van der Waals surface area contributed by atoms with Crippen molar-refractivity contribution in [3.05, 3.63) is 47.2 Å². The Morgan fingerprint density at radius 3 is 2.35 bits per heavy atom. The van der Waals surface area contributed by atoms with Gasteiger partial charge in [0, 0.05) is 0 Å². The topological polar surface area (TPSA) is 9.23 Å². The third-order valence-electron chi connectivity index (χ3n) is 4.63. The molecule has 0 amide bonds. The molecule has 0 heterocycles. The molecule has 0 saturated carbocycles. The molecule has 0 aliphatic heterocycles. The van der Waals surface area contributed by atoms with Crippen molar-refractivity contribution in [3.8, 4) is 0 Å². The number of rotatable bonds is 4. The lowest BCUT2D eigenvalue weighted by atomic mass is 9.63. The van der Waals surface area contributed by atoms with Gasteiger partial charge in [-0.25, -0.2) is 0 Å². The van der Waals surface area contributed by atoms with Crippen LogP contribution in [0.4, 0.5) is 0 Å². The summed E-state index contributed by atoms with van der Waals surface area (Å²) in [5, 5.41) is 0. The van der Waals surface area contributed by atoms with Crippen LogP contribution in [-0.4, -0.2) is 6.61 Å². The second-order valence-corrected chi connectivity index (χ2v) is 7.18. The maximum atomic E-state index is 5.26. The minimum atomic E-state index is 0.296. The molecule has 0 aromatic heterocycles. The van der Waals surface area contributed by atoms with E-state index in [0.717, 1.165) is 13.0 Å². The van der Waals surface area contributed by atoms with Gasteiger partial charge in [0.05, 0.1) is 12.9 Å². The lowest BCUT2D eigenvalue weighted by Crippen LogP contribution is -2.33. The highest BCUT2D eigenvalue weighted by atomic mass is 16.5. The van der Waals surface area contributed by atoms with Gasteiger partial charge in [0.2, 0.25) is 0 Å². The van der Waals surface area contributed by atoms with E-state index in [-0.39, 0.29) is 0 Å². The van der Waals surface area contributed by atoms with E-state index in [2.05, 4.69) is 52.0 Å². The second kappa shape index (κ2) is 5.63. The van der Waals surface area contributed by atoms with Gasteiger partial charge in [0.25, 0.3) is 0 Å². The highest BCUT2D eigenvalue weighted by molar-refractivity contribution is 5.43. The number of benzene rings is 1. The van der Waals surface area contributed by atoms with Gasteiger partial charge in [-0.05, 0) is 59.8 Å². The zero-order valence-electron chi connectivity index (χ0n) is 13.6. The number of hydrogen-bond acceptors (Lipinski definition) is 1. The van der Waals surface area contributed by atoms with Crippen LogP contribution in [0.15, 0.2) is 30.5 Å². The summed E-state index contributed by atoms with van der Waals surface area (Å²) in [5.41, 5.74) is 5.06. The Labute approximate surface area is 124 Å². The van der Waals surface area contributed by atoms with Crippen molar-refractivity contribution in [3.63, 3.8) is 0 Å². The SMILES string of the molecule is CCOC=CCc1ccc2c(c1)C(C)(C)CCC2(C)C. The highest BCUT2D eigenvalue weighted by Crippen LogP contribution is 2.45. The van der Waals surface area contributed by atoms with E-state index < -0.39 is 0 Å². The fourth-order valence-corrected chi connectivity index (χ4v) is 3.11. The van der Waals surface area contributed by atoms with E-state index in [1.807, 2.05) is 13.2 Å². The van der Waals surface area contributed by atoms with Gasteiger partial charge in [-0.1, -0.05) is 45.9 Å². The zero-order chi connectivity index (χ0) is 14.8. The highest BCUT2D eigenvalue weighted by Gasteiger charge is 2.36. The molecule has 0 unspecified atom stereocenters. The quantitative estimate of drug-likeness (QED) is 0.691. The van der Waals surface area contributed by atoms with Crippen LogP contribution in [-0.2, 0) is 22.0 Å². The van der Waals surface area contributed by atoms with E-state index in [9.17, 15) is 0 Å². The summed E-state index contributed by atoms with van der Waals surface area (Å²) >= 11 is 0. The van der Waals surface area contributed by atoms with E-state index in [4.69, 9.17) is 4.74 Å². The molecular formula is C19H28O. The third kappa shape index (κ3) is 3.08. The van der Waals surface area contributed by atoms with Crippen molar-refractivity contribution >= 4 is 0 Å². The van der Waals surface area contributed by atoms with Gasteiger partial charge in [-0.3, -0.25) is 0 Å². The Morgan fingerprint density at radius 1 is 1.05 bits per heavy atom. The van der Waals surface area contributed by atoms with E-state index in [1.165, 1.54) is 29.5 Å². The largest absolute Gasteiger partial charge is 0.502 e. The first-order valence-corrected chi connectivity index (χ1v) is 7.77. The monoisotopic (exact) mass is 272 g/mol. The average Bonchev–Trinajstić information content (AvgIpc) is 2.40. The van der Waals surface area contributed by atoms with Crippen LogP contribution in [0.25, 0.3) is 0 Å². The zero-order valence-corrected chi connectivity index (χ0v) is 13.6. The first-order valence-electron chi connectivity index (χ1n) is 7.77. The number of fused-ring (bicyclic) bond motifs is 1. The van der Waals surface area contributed by atoms with Gasteiger partial charge in [-0.2, -0.15) is 0 Å². The molecule has 0 atom stereocenters. The van der Waals surface area contributed by atoms with E-state index >= 15 is 0 Å². The Hall–Kier alpha value is -1.24. The Balaban J connectivity index is 2.29. The van der Waals surface area contributed by atoms with Gasteiger partial charge in [0.15, 0.2) is 0 Å². The van der Waals surface area contributed by atoms with E-state index in [0.29, 0.717) is 10.8 Å². The minimum absolute atomic E-state index is 0.296. The lowest BCUT2D eigenvalue weighted by Gasteiger charge is -2.42. The summed E-state index contributed by atoms with van der Waals surface area (Å²) in [5.74, 6) is 0. The Morgan fingerprint density at radius 2 is 1.70 bits per heavy atom. The molecule has 0 bridgehead atoms. The molecule has 1 aliphatic carbocycles. The van der Waals surface area contributed by atoms with Crippen LogP contribution in [0.2, 0.25) is 0 Å². The molecule has 0 fully saturated rings. The van der Waals surface area contributed by atoms with Crippen molar-refractivity contribution in [1.82, 2.24) is 0 Å². The van der Waals surface area contributed by atoms with Crippen molar-refractivity contribution in [2.45, 2.75) is 64.7 Å². The lowest BCUT2D eigenvalue weighted by molar-refractivity contribution is 0.268. The van der Waals surface area contributed by atoms with Gasteiger partial charge < -0.3 is 4.74 Å². The summed E-state index contributed by atoms with van der Waals surface area (Å²) in [6.45, 7) is 12.2. The van der Waals surface area contributed by atoms with Crippen LogP contribution >= 0.6 is 0 Å². The Kier molecular flexibility index (Phi) is 4.27. The number of hydrogen-bond donors (Lipinski definition) is 0. The van der Waals surface area contributed by atoms with Crippen LogP contribution in [0.1, 0.15) is 64.2 Å². The maximum Gasteiger partial charge on any atom is 0.0845 e. The molecule has 1 aliphatic rings. The van der Waals surface area contributed by atoms with Gasteiger partial charge in [-0.15, -0.1) is 0 Å². The molecule has 1 nitrogen and oxygen atoms in total. The summed E-state index contributed by atoms with van der Waals surface area (Å²) in [4.78, 5) is 0. The summed E-state index contributed by atoms with van der Waals surface area (Å²) in [6.07, 6.45) is 7.41. The van der Waals surface area contributed by atoms with Crippen LogP contribution in [0.5, 0.6) is 0 Å². The molecule has 0 radical (unpaired) electrons. The fraction of sp³-hybridized carbons (Fsp3) is 0.579. The summed E-state index contributed by atoms with van der Waals surface area (Å²) in [7, 11) is 0. The molecule has 1 heteroatoms. The number of allylic oxidation sites excluding steroid dienone is 1. The summed E-state index contributed by atoms with van der Waals surface area (Å²) < 4.78 is 5.26. The average molecular weight is 272 g/mol. The smallest absolute Gasteiger partial charge is 0.0845 e. The Bertz CT molecular complexity index is 494. The fourth-order valence-electron chi connectivity index (χ4n) is 3.11. The predicted molar refractivity (Wildman–Crippen MR) is 86.2 cm³/mol. The first kappa shape index (κ1) is 15.2. The molecule has 110 valence electrons. The van der Waals surface area contributed by atoms with Gasteiger partial charge in [0.1, 0.15) is 0 Å². The van der Waals surface area contributed by atoms with Crippen molar-refractivity contribution < 1.29 is 4.74 Å². The minimum Gasteiger partial charge on any atom is -0.502 e. The molecule has 1 aromatic rings. The molecule has 2 rings (SSSR count). The number of ether oxygens (including phenoxy) is 1. The van der Waals surface area contributed by atoms with E-state index in [1.54, 1.807) is 0 Å². The molecular weight excluding hydrogens is 244 g/mol. The van der Waals surface area contributed by atoms with Crippen molar-refractivity contribution in [1.29, 1.82) is 0 Å². The predicted octanol–water partition coefficient (Wildman–Crippen LogP) is 5.13. The van der Waals surface area contributed by atoms with Crippen LogP contribution < -0.4 is 0 Å². The van der Waals surface area contributed by atoms with Crippen molar-refractivity contribution in [2.75, 3.05) is 6.61 Å². The van der Waals surface area contributed by atoms with Crippen LogP contribution in [0, 0.1) is 0 Å². The molecule has 0 N–H and O–H groups in total. The molecule has 0 spiro atoms. The van der Waals surface area contributed by atoms with Crippen LogP contribution in [0.3, 0.4) is 0 Å². The third-order valence-corrected chi connectivity index (χ3v) is 4.63. The standard InChI is InChI=1S/C19H28O/c1-6-20-13-7-8-15-9-10-16-17(14-15)19(4,5)12-11-18(16,2)3/h7,9-10,13-14H,6,8,11-12H2,1-5H3. The molecule has 20 heavy (non-hydrogen) atoms. The molecule has 0 saturated heterocycles. The normalized spacial score (nSPS) is 19.9.